The van der Waals surface area contributed by atoms with Gasteiger partial charge in [-0.1, -0.05) is 18.2 Å². The summed E-state index contributed by atoms with van der Waals surface area (Å²) in [6.07, 6.45) is 2.81. The number of amides is 1. The quantitative estimate of drug-likeness (QED) is 0.847. The summed E-state index contributed by atoms with van der Waals surface area (Å²) >= 11 is 0. The summed E-state index contributed by atoms with van der Waals surface area (Å²) in [5.74, 6) is 0.734. The second-order valence-corrected chi connectivity index (χ2v) is 7.85. The van der Waals surface area contributed by atoms with Crippen LogP contribution in [0.25, 0.3) is 0 Å². The summed E-state index contributed by atoms with van der Waals surface area (Å²) < 4.78 is 29.9. The highest BCUT2D eigenvalue weighted by Crippen LogP contribution is 2.16. The van der Waals surface area contributed by atoms with Crippen molar-refractivity contribution in [3.05, 3.63) is 29.8 Å². The minimum Gasteiger partial charge on any atom is -0.493 e. The van der Waals surface area contributed by atoms with Gasteiger partial charge in [-0.05, 0) is 31.4 Å². The van der Waals surface area contributed by atoms with Crippen LogP contribution in [0.3, 0.4) is 0 Å². The van der Waals surface area contributed by atoms with Gasteiger partial charge >= 0.3 is 0 Å². The van der Waals surface area contributed by atoms with Gasteiger partial charge in [-0.15, -0.1) is 0 Å². The van der Waals surface area contributed by atoms with Gasteiger partial charge in [-0.25, -0.2) is 12.7 Å². The Bertz CT molecular complexity index is 637. The van der Waals surface area contributed by atoms with Gasteiger partial charge in [0.15, 0.2) is 0 Å². The van der Waals surface area contributed by atoms with E-state index in [-0.39, 0.29) is 11.9 Å². The number of hydrogen-bond acceptors (Lipinski definition) is 4. The van der Waals surface area contributed by atoms with Crippen molar-refractivity contribution in [1.82, 2.24) is 9.62 Å². The average molecular weight is 340 g/mol. The topological polar surface area (TPSA) is 75.7 Å². The molecule has 1 aromatic rings. The van der Waals surface area contributed by atoms with Crippen LogP contribution in [0.15, 0.2) is 24.3 Å². The largest absolute Gasteiger partial charge is 0.493 e. The third-order valence-corrected chi connectivity index (χ3v) is 5.27. The molecule has 0 atom stereocenters. The minimum atomic E-state index is -3.13. The minimum absolute atomic E-state index is 0.0407. The van der Waals surface area contributed by atoms with Crippen molar-refractivity contribution < 1.29 is 17.9 Å². The van der Waals surface area contributed by atoms with Gasteiger partial charge in [-0.2, -0.15) is 0 Å². The lowest BCUT2D eigenvalue weighted by Gasteiger charge is -2.30. The Hall–Kier alpha value is -1.60. The maximum atomic E-state index is 11.9. The van der Waals surface area contributed by atoms with Crippen molar-refractivity contribution in [1.29, 1.82) is 0 Å². The van der Waals surface area contributed by atoms with Crippen molar-refractivity contribution in [2.45, 2.75) is 32.2 Å². The maximum absolute atomic E-state index is 11.9. The third-order valence-electron chi connectivity index (χ3n) is 3.97. The molecule has 1 amide bonds. The van der Waals surface area contributed by atoms with Crippen LogP contribution in [0.4, 0.5) is 0 Å². The van der Waals surface area contributed by atoms with Crippen LogP contribution < -0.4 is 10.1 Å². The van der Waals surface area contributed by atoms with Crippen LogP contribution >= 0.6 is 0 Å². The lowest BCUT2D eigenvalue weighted by atomic mass is 10.1. The summed E-state index contributed by atoms with van der Waals surface area (Å²) in [5.41, 5.74) is 1.04. The SMILES string of the molecule is Cc1ccccc1OCCC(=O)NC1CCN(S(C)(=O)=O)CC1. The Morgan fingerprint density at radius 3 is 2.57 bits per heavy atom. The zero-order valence-electron chi connectivity index (χ0n) is 13.6. The molecule has 23 heavy (non-hydrogen) atoms. The molecular formula is C16H24N2O4S. The van der Waals surface area contributed by atoms with Gasteiger partial charge in [0.25, 0.3) is 0 Å². The fraction of sp³-hybridized carbons (Fsp3) is 0.562. The lowest BCUT2D eigenvalue weighted by molar-refractivity contribution is -0.122. The van der Waals surface area contributed by atoms with Crippen LogP contribution in [-0.2, 0) is 14.8 Å². The van der Waals surface area contributed by atoms with Gasteiger partial charge in [-0.3, -0.25) is 4.79 Å². The molecule has 1 N–H and O–H groups in total. The first-order chi connectivity index (χ1) is 10.9. The molecule has 0 aliphatic carbocycles. The van der Waals surface area contributed by atoms with E-state index in [9.17, 15) is 13.2 Å². The molecule has 1 aliphatic heterocycles. The number of carbonyl (C=O) groups excluding carboxylic acids is 1. The molecule has 1 saturated heterocycles. The van der Waals surface area contributed by atoms with Crippen LogP contribution in [0.5, 0.6) is 5.75 Å². The van der Waals surface area contributed by atoms with Crippen LogP contribution in [-0.4, -0.2) is 50.6 Å². The van der Waals surface area contributed by atoms with E-state index in [1.165, 1.54) is 10.6 Å². The zero-order valence-corrected chi connectivity index (χ0v) is 14.4. The molecule has 6 nitrogen and oxygen atoms in total. The number of aryl methyl sites for hydroxylation is 1. The van der Waals surface area contributed by atoms with E-state index < -0.39 is 10.0 Å². The third kappa shape index (κ3) is 5.51. The lowest BCUT2D eigenvalue weighted by Crippen LogP contribution is -2.46. The number of benzene rings is 1. The molecule has 0 radical (unpaired) electrons. The number of rotatable bonds is 6. The van der Waals surface area contributed by atoms with Crippen molar-refractivity contribution in [3.63, 3.8) is 0 Å². The molecule has 1 aromatic carbocycles. The highest BCUT2D eigenvalue weighted by molar-refractivity contribution is 7.88. The average Bonchev–Trinajstić information content (AvgIpc) is 2.49. The molecule has 7 heteroatoms. The van der Waals surface area contributed by atoms with Gasteiger partial charge in [0.2, 0.25) is 15.9 Å². The van der Waals surface area contributed by atoms with Crippen molar-refractivity contribution >= 4 is 15.9 Å². The number of hydrogen-bond donors (Lipinski definition) is 1. The molecule has 0 spiro atoms. The van der Waals surface area contributed by atoms with E-state index in [0.717, 1.165) is 11.3 Å². The Morgan fingerprint density at radius 1 is 1.30 bits per heavy atom. The van der Waals surface area contributed by atoms with Gasteiger partial charge in [0.1, 0.15) is 5.75 Å². The number of nitrogens with one attached hydrogen (secondary N) is 1. The predicted octanol–water partition coefficient (Wildman–Crippen LogP) is 1.30. The van der Waals surface area contributed by atoms with E-state index in [2.05, 4.69) is 5.32 Å². The fourth-order valence-electron chi connectivity index (χ4n) is 2.60. The second kappa shape index (κ2) is 7.79. The Kier molecular flexibility index (Phi) is 6.01. The summed E-state index contributed by atoms with van der Waals surface area (Å²) in [5, 5.41) is 2.95. The molecule has 2 rings (SSSR count). The zero-order chi connectivity index (χ0) is 16.9. The molecule has 128 valence electrons. The van der Waals surface area contributed by atoms with E-state index in [4.69, 9.17) is 4.74 Å². The van der Waals surface area contributed by atoms with Crippen LogP contribution in [0.2, 0.25) is 0 Å². The number of nitrogens with zero attached hydrogens (tertiary/aromatic N) is 1. The molecule has 0 saturated carbocycles. The molecule has 0 unspecified atom stereocenters. The summed E-state index contributed by atoms with van der Waals surface area (Å²) in [6, 6.07) is 7.73. The Labute approximate surface area is 137 Å². The summed E-state index contributed by atoms with van der Waals surface area (Å²) in [4.78, 5) is 11.9. The van der Waals surface area contributed by atoms with E-state index in [1.807, 2.05) is 31.2 Å². The summed E-state index contributed by atoms with van der Waals surface area (Å²) in [6.45, 7) is 3.22. The van der Waals surface area contributed by atoms with Crippen molar-refractivity contribution in [2.24, 2.45) is 0 Å². The van der Waals surface area contributed by atoms with E-state index >= 15 is 0 Å². The van der Waals surface area contributed by atoms with Gasteiger partial charge in [0, 0.05) is 19.1 Å². The second-order valence-electron chi connectivity index (χ2n) is 5.87. The number of ether oxygens (including phenoxy) is 1. The molecular weight excluding hydrogens is 316 g/mol. The highest BCUT2D eigenvalue weighted by atomic mass is 32.2. The van der Waals surface area contributed by atoms with Crippen LogP contribution in [0.1, 0.15) is 24.8 Å². The van der Waals surface area contributed by atoms with E-state index in [1.54, 1.807) is 0 Å². The number of sulfonamides is 1. The Balaban J connectivity index is 1.69. The Morgan fingerprint density at radius 2 is 1.96 bits per heavy atom. The fourth-order valence-corrected chi connectivity index (χ4v) is 3.48. The summed E-state index contributed by atoms with van der Waals surface area (Å²) in [7, 11) is -3.13. The number of para-hydroxylation sites is 1. The van der Waals surface area contributed by atoms with Gasteiger partial charge in [0.05, 0.1) is 19.3 Å². The van der Waals surface area contributed by atoms with Crippen molar-refractivity contribution in [2.75, 3.05) is 26.0 Å². The first kappa shape index (κ1) is 17.7. The molecule has 0 bridgehead atoms. The predicted molar refractivity (Wildman–Crippen MR) is 88.9 cm³/mol. The number of piperidine rings is 1. The normalized spacial score (nSPS) is 17.0. The first-order valence-electron chi connectivity index (χ1n) is 7.79. The molecule has 1 aliphatic rings. The smallest absolute Gasteiger partial charge is 0.223 e. The monoisotopic (exact) mass is 340 g/mol. The van der Waals surface area contributed by atoms with Crippen LogP contribution in [0, 0.1) is 6.92 Å². The number of carbonyl (C=O) groups is 1. The standard InChI is InChI=1S/C16H24N2O4S/c1-13-5-3-4-6-15(13)22-12-9-16(19)17-14-7-10-18(11-8-14)23(2,20)21/h3-6,14H,7-12H2,1-2H3,(H,17,19). The van der Waals surface area contributed by atoms with Crippen molar-refractivity contribution in [3.8, 4) is 5.75 Å². The molecule has 1 heterocycles. The van der Waals surface area contributed by atoms with Gasteiger partial charge < -0.3 is 10.1 Å². The maximum Gasteiger partial charge on any atom is 0.223 e. The molecule has 0 aromatic heterocycles. The molecule has 1 fully saturated rings. The first-order valence-corrected chi connectivity index (χ1v) is 9.64. The highest BCUT2D eigenvalue weighted by Gasteiger charge is 2.25. The van der Waals surface area contributed by atoms with E-state index in [0.29, 0.717) is 39.0 Å².